The van der Waals surface area contributed by atoms with E-state index < -0.39 is 0 Å². The van der Waals surface area contributed by atoms with Crippen molar-refractivity contribution in [3.05, 3.63) is 5.69 Å². The molecule has 0 unspecified atom stereocenters. The van der Waals surface area contributed by atoms with E-state index in [4.69, 9.17) is 5.73 Å². The molecule has 0 aliphatic carbocycles. The van der Waals surface area contributed by atoms with Gasteiger partial charge in [0, 0.05) is 18.1 Å². The number of piperidine rings is 1. The number of nitrogens with two attached hydrogens (primary N) is 1. The maximum absolute atomic E-state index is 5.72. The Hall–Kier alpha value is -0.680. The quantitative estimate of drug-likeness (QED) is 0.773. The molecule has 0 radical (unpaired) electrons. The van der Waals surface area contributed by atoms with Gasteiger partial charge in [-0.05, 0) is 25.9 Å². The average molecular weight is 198 g/mol. The van der Waals surface area contributed by atoms with E-state index >= 15 is 0 Å². The van der Waals surface area contributed by atoms with Gasteiger partial charge in [-0.1, -0.05) is 10.9 Å². The van der Waals surface area contributed by atoms with Crippen LogP contribution in [0.5, 0.6) is 0 Å². The fourth-order valence-electron chi connectivity index (χ4n) is 1.65. The number of rotatable bonds is 2. The first kappa shape index (κ1) is 8.90. The Labute approximate surface area is 81.9 Å². The van der Waals surface area contributed by atoms with Gasteiger partial charge in [0.2, 0.25) is 0 Å². The van der Waals surface area contributed by atoms with Gasteiger partial charge < -0.3 is 5.73 Å². The molecule has 2 N–H and O–H groups in total. The lowest BCUT2D eigenvalue weighted by atomic mass is 10.1. The van der Waals surface area contributed by atoms with Crippen LogP contribution in [0.4, 0.5) is 5.00 Å². The summed E-state index contributed by atoms with van der Waals surface area (Å²) >= 11 is 1.28. The standard InChI is InChI=1S/C8H14N4S/c9-8-7(10-11-13-8)6-12-4-2-1-3-5-12/h1-6,9H2. The van der Waals surface area contributed by atoms with Gasteiger partial charge in [-0.25, -0.2) is 0 Å². The van der Waals surface area contributed by atoms with Crippen LogP contribution in [-0.2, 0) is 6.54 Å². The van der Waals surface area contributed by atoms with Crippen LogP contribution in [0.1, 0.15) is 25.0 Å². The van der Waals surface area contributed by atoms with Crippen LogP contribution in [0.15, 0.2) is 0 Å². The number of nitrogens with zero attached hydrogens (tertiary/aromatic N) is 3. The first-order chi connectivity index (χ1) is 6.36. The fourth-order valence-corrected chi connectivity index (χ4v) is 2.09. The van der Waals surface area contributed by atoms with Gasteiger partial charge >= 0.3 is 0 Å². The Kier molecular flexibility index (Phi) is 2.75. The smallest absolute Gasteiger partial charge is 0.132 e. The predicted octanol–water partition coefficient (Wildman–Crippen LogP) is 1.11. The Bertz CT molecular complexity index is 267. The van der Waals surface area contributed by atoms with E-state index in [9.17, 15) is 0 Å². The summed E-state index contributed by atoms with van der Waals surface area (Å²) in [5.74, 6) is 0. The summed E-state index contributed by atoms with van der Waals surface area (Å²) in [7, 11) is 0. The molecule has 4 nitrogen and oxygen atoms in total. The summed E-state index contributed by atoms with van der Waals surface area (Å²) in [6, 6.07) is 0. The molecule has 1 saturated heterocycles. The van der Waals surface area contributed by atoms with Gasteiger partial charge in [0.1, 0.15) is 10.7 Å². The second-order valence-electron chi connectivity index (χ2n) is 3.42. The highest BCUT2D eigenvalue weighted by Gasteiger charge is 2.13. The molecule has 1 fully saturated rings. The second-order valence-corrected chi connectivity index (χ2v) is 4.21. The third-order valence-corrected chi connectivity index (χ3v) is 3.00. The Morgan fingerprint density at radius 3 is 2.69 bits per heavy atom. The van der Waals surface area contributed by atoms with Crippen LogP contribution in [0.2, 0.25) is 0 Å². The van der Waals surface area contributed by atoms with E-state index in [1.807, 2.05) is 0 Å². The third kappa shape index (κ3) is 2.16. The molecule has 1 aromatic rings. The average Bonchev–Trinajstić information content (AvgIpc) is 2.54. The van der Waals surface area contributed by atoms with Gasteiger partial charge in [0.15, 0.2) is 0 Å². The zero-order chi connectivity index (χ0) is 9.10. The molecular weight excluding hydrogens is 184 g/mol. The van der Waals surface area contributed by atoms with Gasteiger partial charge in [0.25, 0.3) is 0 Å². The van der Waals surface area contributed by atoms with Crippen LogP contribution in [0.3, 0.4) is 0 Å². The van der Waals surface area contributed by atoms with Crippen molar-refractivity contribution in [2.75, 3.05) is 18.8 Å². The fraction of sp³-hybridized carbons (Fsp3) is 0.750. The zero-order valence-corrected chi connectivity index (χ0v) is 8.39. The van der Waals surface area contributed by atoms with Crippen LogP contribution in [0, 0.1) is 0 Å². The van der Waals surface area contributed by atoms with Crippen LogP contribution in [0.25, 0.3) is 0 Å². The molecule has 0 aromatic carbocycles. The van der Waals surface area contributed by atoms with Crippen molar-refractivity contribution >= 4 is 16.5 Å². The molecule has 2 heterocycles. The van der Waals surface area contributed by atoms with Crippen molar-refractivity contribution < 1.29 is 0 Å². The monoisotopic (exact) mass is 198 g/mol. The van der Waals surface area contributed by atoms with E-state index in [0.29, 0.717) is 0 Å². The highest BCUT2D eigenvalue weighted by Crippen LogP contribution is 2.17. The second kappa shape index (κ2) is 4.02. The first-order valence-corrected chi connectivity index (χ1v) is 5.42. The maximum atomic E-state index is 5.72. The minimum atomic E-state index is 0.769. The lowest BCUT2D eigenvalue weighted by Crippen LogP contribution is -2.29. The maximum Gasteiger partial charge on any atom is 0.132 e. The molecule has 72 valence electrons. The minimum Gasteiger partial charge on any atom is -0.388 e. The first-order valence-electron chi connectivity index (χ1n) is 4.65. The Morgan fingerprint density at radius 1 is 1.31 bits per heavy atom. The van der Waals surface area contributed by atoms with Gasteiger partial charge in [-0.3, -0.25) is 4.90 Å². The molecule has 0 atom stereocenters. The Morgan fingerprint density at radius 2 is 2.08 bits per heavy atom. The number of likely N-dealkylation sites (tertiary alicyclic amines) is 1. The summed E-state index contributed by atoms with van der Waals surface area (Å²) < 4.78 is 3.83. The molecule has 5 heteroatoms. The predicted molar refractivity (Wildman–Crippen MR) is 53.4 cm³/mol. The van der Waals surface area contributed by atoms with Crippen molar-refractivity contribution in [3.63, 3.8) is 0 Å². The summed E-state index contributed by atoms with van der Waals surface area (Å²) in [6.07, 6.45) is 3.97. The molecule has 0 saturated carbocycles. The highest BCUT2D eigenvalue weighted by molar-refractivity contribution is 7.09. The topological polar surface area (TPSA) is 55.0 Å². The number of nitrogen functional groups attached to an aromatic ring is 1. The lowest BCUT2D eigenvalue weighted by Gasteiger charge is -2.25. The van der Waals surface area contributed by atoms with E-state index in [2.05, 4.69) is 14.5 Å². The normalized spacial score (nSPS) is 19.1. The molecular formula is C8H14N4S. The van der Waals surface area contributed by atoms with E-state index in [0.717, 1.165) is 17.2 Å². The molecule has 1 aromatic heterocycles. The largest absolute Gasteiger partial charge is 0.388 e. The molecule has 1 aliphatic rings. The van der Waals surface area contributed by atoms with Crippen LogP contribution in [-0.4, -0.2) is 27.6 Å². The summed E-state index contributed by atoms with van der Waals surface area (Å²) in [5.41, 5.74) is 6.68. The third-order valence-electron chi connectivity index (χ3n) is 2.41. The van der Waals surface area contributed by atoms with Crippen molar-refractivity contribution in [1.29, 1.82) is 0 Å². The molecule has 13 heavy (non-hydrogen) atoms. The number of hydrogen-bond acceptors (Lipinski definition) is 5. The van der Waals surface area contributed by atoms with Crippen molar-refractivity contribution in [3.8, 4) is 0 Å². The zero-order valence-electron chi connectivity index (χ0n) is 7.57. The van der Waals surface area contributed by atoms with E-state index in [1.54, 1.807) is 0 Å². The van der Waals surface area contributed by atoms with Crippen LogP contribution >= 0.6 is 11.5 Å². The van der Waals surface area contributed by atoms with Crippen LogP contribution < -0.4 is 5.73 Å². The summed E-state index contributed by atoms with van der Waals surface area (Å²) in [6.45, 7) is 3.23. The molecule has 2 rings (SSSR count). The van der Waals surface area contributed by atoms with E-state index in [1.165, 1.54) is 43.9 Å². The lowest BCUT2D eigenvalue weighted by molar-refractivity contribution is 0.219. The van der Waals surface area contributed by atoms with Crippen molar-refractivity contribution in [1.82, 2.24) is 14.5 Å². The molecule has 0 spiro atoms. The van der Waals surface area contributed by atoms with Crippen molar-refractivity contribution in [2.45, 2.75) is 25.8 Å². The van der Waals surface area contributed by atoms with E-state index in [-0.39, 0.29) is 0 Å². The molecule has 1 aliphatic heterocycles. The van der Waals surface area contributed by atoms with Gasteiger partial charge in [-0.15, -0.1) is 5.10 Å². The summed E-state index contributed by atoms with van der Waals surface area (Å²) in [5, 5.41) is 4.78. The molecule has 0 bridgehead atoms. The van der Waals surface area contributed by atoms with Gasteiger partial charge in [-0.2, -0.15) is 0 Å². The van der Waals surface area contributed by atoms with Crippen molar-refractivity contribution in [2.24, 2.45) is 0 Å². The Balaban J connectivity index is 1.93. The van der Waals surface area contributed by atoms with Gasteiger partial charge in [0.05, 0.1) is 0 Å². The highest BCUT2D eigenvalue weighted by atomic mass is 32.1. The molecule has 0 amide bonds. The summed E-state index contributed by atoms with van der Waals surface area (Å²) in [4.78, 5) is 2.40. The number of anilines is 1. The minimum absolute atomic E-state index is 0.769. The number of aromatic nitrogens is 2. The number of hydrogen-bond donors (Lipinski definition) is 1. The SMILES string of the molecule is Nc1snnc1CN1CCCCC1.